The molecule has 0 saturated carbocycles. The van der Waals surface area contributed by atoms with Crippen LogP contribution in [0.25, 0.3) is 0 Å². The number of imidazole rings is 2. The van der Waals surface area contributed by atoms with Gasteiger partial charge in [0.2, 0.25) is 0 Å². The number of hydrogen-bond acceptors (Lipinski definition) is 4. The quantitative estimate of drug-likeness (QED) is 0.621. The van der Waals surface area contributed by atoms with Crippen LogP contribution < -0.4 is 0 Å². The van der Waals surface area contributed by atoms with Gasteiger partial charge in [-0.3, -0.25) is 0 Å². The number of hydrogen-bond donors (Lipinski definition) is 0. The molecule has 3 aromatic rings. The third-order valence-corrected chi connectivity index (χ3v) is 4.19. The van der Waals surface area contributed by atoms with Gasteiger partial charge in [0.1, 0.15) is 11.5 Å². The van der Waals surface area contributed by atoms with Crippen molar-refractivity contribution in [1.29, 1.82) is 0 Å². The van der Waals surface area contributed by atoms with Crippen molar-refractivity contribution >= 4 is 5.97 Å². The highest BCUT2D eigenvalue weighted by Gasteiger charge is 2.23. The molecular weight excluding hydrogens is 316 g/mol. The van der Waals surface area contributed by atoms with E-state index < -0.39 is 6.10 Å². The fourth-order valence-electron chi connectivity index (χ4n) is 2.80. The number of benzene rings is 1. The van der Waals surface area contributed by atoms with E-state index in [-0.39, 0.29) is 5.97 Å². The molecule has 0 N–H and O–H groups in total. The molecule has 6 nitrogen and oxygen atoms in total. The molecule has 1 atom stereocenters. The number of aromatic nitrogens is 4. The standard InChI is InChI=1S/C19H22N4O2/c1-3-23-12-11-21-18(23)17(10-9-15-7-5-4-6-8-15)25-19(24)16-13-20-14-22(16)2/h4-8,11-14,17H,3,9-10H2,1-2H3/t17-/m0/s1. The Labute approximate surface area is 147 Å². The van der Waals surface area contributed by atoms with Gasteiger partial charge in [-0.15, -0.1) is 0 Å². The van der Waals surface area contributed by atoms with Gasteiger partial charge in [0.15, 0.2) is 6.10 Å². The van der Waals surface area contributed by atoms with Crippen LogP contribution >= 0.6 is 0 Å². The molecule has 0 radical (unpaired) electrons. The number of carbonyl (C=O) groups excluding carboxylic acids is 1. The maximum Gasteiger partial charge on any atom is 0.357 e. The van der Waals surface area contributed by atoms with E-state index in [1.165, 1.54) is 11.8 Å². The van der Waals surface area contributed by atoms with Gasteiger partial charge >= 0.3 is 5.97 Å². The van der Waals surface area contributed by atoms with Crippen molar-refractivity contribution in [3.05, 3.63) is 72.3 Å². The second-order valence-corrected chi connectivity index (χ2v) is 5.88. The van der Waals surface area contributed by atoms with Gasteiger partial charge < -0.3 is 13.9 Å². The van der Waals surface area contributed by atoms with E-state index in [0.717, 1.165) is 18.8 Å². The molecule has 0 aliphatic carbocycles. The van der Waals surface area contributed by atoms with Crippen molar-refractivity contribution < 1.29 is 9.53 Å². The Morgan fingerprint density at radius 3 is 2.76 bits per heavy atom. The largest absolute Gasteiger partial charge is 0.449 e. The van der Waals surface area contributed by atoms with Crippen LogP contribution in [0.4, 0.5) is 0 Å². The molecule has 25 heavy (non-hydrogen) atoms. The summed E-state index contributed by atoms with van der Waals surface area (Å²) >= 11 is 0. The number of nitrogens with zero attached hydrogens (tertiary/aromatic N) is 4. The van der Waals surface area contributed by atoms with Crippen molar-refractivity contribution in [3.63, 3.8) is 0 Å². The molecule has 0 bridgehead atoms. The Morgan fingerprint density at radius 1 is 1.28 bits per heavy atom. The average molecular weight is 338 g/mol. The molecule has 0 fully saturated rings. The number of ether oxygens (including phenoxy) is 1. The van der Waals surface area contributed by atoms with Gasteiger partial charge in [0.25, 0.3) is 0 Å². The van der Waals surface area contributed by atoms with Gasteiger partial charge in [-0.2, -0.15) is 0 Å². The lowest BCUT2D eigenvalue weighted by molar-refractivity contribution is 0.0236. The molecule has 0 saturated heterocycles. The predicted molar refractivity (Wildman–Crippen MR) is 94.0 cm³/mol. The van der Waals surface area contributed by atoms with E-state index in [1.807, 2.05) is 35.9 Å². The van der Waals surface area contributed by atoms with Gasteiger partial charge in [-0.05, 0) is 25.3 Å². The molecule has 130 valence electrons. The molecule has 0 amide bonds. The Balaban J connectivity index is 1.79. The van der Waals surface area contributed by atoms with Crippen LogP contribution in [0.2, 0.25) is 0 Å². The second kappa shape index (κ2) is 7.79. The van der Waals surface area contributed by atoms with Crippen molar-refractivity contribution in [1.82, 2.24) is 19.1 Å². The maximum atomic E-state index is 12.5. The Kier molecular flexibility index (Phi) is 5.28. The predicted octanol–water partition coefficient (Wildman–Crippen LogP) is 3.17. The summed E-state index contributed by atoms with van der Waals surface area (Å²) in [6, 6.07) is 10.2. The van der Waals surface area contributed by atoms with E-state index >= 15 is 0 Å². The zero-order valence-electron chi connectivity index (χ0n) is 14.5. The van der Waals surface area contributed by atoms with Crippen LogP contribution in [0.15, 0.2) is 55.2 Å². The summed E-state index contributed by atoms with van der Waals surface area (Å²) < 4.78 is 9.46. The van der Waals surface area contributed by atoms with Crippen LogP contribution in [-0.2, 0) is 24.8 Å². The number of rotatable bonds is 7. The molecule has 2 aromatic heterocycles. The zero-order valence-corrected chi connectivity index (χ0v) is 14.5. The third-order valence-electron chi connectivity index (χ3n) is 4.19. The van der Waals surface area contributed by atoms with E-state index in [2.05, 4.69) is 22.1 Å². The van der Waals surface area contributed by atoms with Crippen LogP contribution in [0.3, 0.4) is 0 Å². The molecule has 1 aromatic carbocycles. The molecule has 0 aliphatic rings. The van der Waals surface area contributed by atoms with E-state index in [9.17, 15) is 4.79 Å². The minimum Gasteiger partial charge on any atom is -0.449 e. The Morgan fingerprint density at radius 2 is 2.08 bits per heavy atom. The molecule has 3 rings (SSSR count). The van der Waals surface area contributed by atoms with Gasteiger partial charge in [0.05, 0.1) is 12.5 Å². The normalized spacial score (nSPS) is 12.1. The third kappa shape index (κ3) is 3.96. The summed E-state index contributed by atoms with van der Waals surface area (Å²) in [5.41, 5.74) is 1.64. The molecule has 0 unspecified atom stereocenters. The first-order valence-electron chi connectivity index (χ1n) is 8.41. The minimum atomic E-state index is -0.405. The lowest BCUT2D eigenvalue weighted by atomic mass is 10.1. The summed E-state index contributed by atoms with van der Waals surface area (Å²) in [6.07, 6.45) is 7.82. The lowest BCUT2D eigenvalue weighted by Crippen LogP contribution is -2.18. The van der Waals surface area contributed by atoms with Gasteiger partial charge in [0, 0.05) is 26.0 Å². The SMILES string of the molecule is CCn1ccnc1[C@H](CCc1ccccc1)OC(=O)c1cncn1C. The summed E-state index contributed by atoms with van der Waals surface area (Å²) in [5, 5.41) is 0. The van der Waals surface area contributed by atoms with Crippen LogP contribution in [0.1, 0.15) is 41.3 Å². The maximum absolute atomic E-state index is 12.5. The van der Waals surface area contributed by atoms with Crippen LogP contribution in [0.5, 0.6) is 0 Å². The minimum absolute atomic E-state index is 0.385. The molecular formula is C19H22N4O2. The smallest absolute Gasteiger partial charge is 0.357 e. The average Bonchev–Trinajstić information content (AvgIpc) is 3.27. The van der Waals surface area contributed by atoms with E-state index in [1.54, 1.807) is 24.1 Å². The molecule has 6 heteroatoms. The Bertz CT molecular complexity index is 823. The first kappa shape index (κ1) is 17.0. The topological polar surface area (TPSA) is 61.9 Å². The molecule has 0 spiro atoms. The van der Waals surface area contributed by atoms with E-state index in [0.29, 0.717) is 12.1 Å². The fourth-order valence-corrected chi connectivity index (χ4v) is 2.80. The van der Waals surface area contributed by atoms with Crippen molar-refractivity contribution in [2.45, 2.75) is 32.4 Å². The summed E-state index contributed by atoms with van der Waals surface area (Å²) in [5.74, 6) is 0.387. The number of aryl methyl sites for hydroxylation is 3. The van der Waals surface area contributed by atoms with Crippen molar-refractivity contribution in [2.24, 2.45) is 7.05 Å². The second-order valence-electron chi connectivity index (χ2n) is 5.88. The fraction of sp³-hybridized carbons (Fsp3) is 0.316. The zero-order chi connectivity index (χ0) is 17.6. The first-order valence-corrected chi connectivity index (χ1v) is 8.41. The van der Waals surface area contributed by atoms with Crippen molar-refractivity contribution in [2.75, 3.05) is 0 Å². The van der Waals surface area contributed by atoms with Crippen molar-refractivity contribution in [3.8, 4) is 0 Å². The highest BCUT2D eigenvalue weighted by Crippen LogP contribution is 2.23. The summed E-state index contributed by atoms with van der Waals surface area (Å²) in [4.78, 5) is 20.9. The Hall–Kier alpha value is -2.89. The summed E-state index contributed by atoms with van der Waals surface area (Å²) in [6.45, 7) is 2.82. The van der Waals surface area contributed by atoms with E-state index in [4.69, 9.17) is 4.74 Å². The highest BCUT2D eigenvalue weighted by atomic mass is 16.5. The van der Waals surface area contributed by atoms with Gasteiger partial charge in [-0.25, -0.2) is 14.8 Å². The first-order chi connectivity index (χ1) is 12.2. The van der Waals surface area contributed by atoms with Crippen LogP contribution in [-0.4, -0.2) is 25.1 Å². The molecule has 0 aliphatic heterocycles. The molecule has 2 heterocycles. The number of carbonyl (C=O) groups is 1. The summed E-state index contributed by atoms with van der Waals surface area (Å²) in [7, 11) is 1.77. The lowest BCUT2D eigenvalue weighted by Gasteiger charge is -2.18. The van der Waals surface area contributed by atoms with Crippen LogP contribution in [0, 0.1) is 0 Å². The monoisotopic (exact) mass is 338 g/mol. The highest BCUT2D eigenvalue weighted by molar-refractivity contribution is 5.87. The number of esters is 1. The van der Waals surface area contributed by atoms with Gasteiger partial charge in [-0.1, -0.05) is 30.3 Å².